The molecule has 0 aliphatic carbocycles. The number of aromatic nitrogens is 2. The minimum Gasteiger partial charge on any atom is -0.469 e. The summed E-state index contributed by atoms with van der Waals surface area (Å²) in [4.78, 5) is 15.2. The molecule has 0 N–H and O–H groups in total. The van der Waals surface area contributed by atoms with Crippen LogP contribution in [-0.4, -0.2) is 29.8 Å². The zero-order valence-electron chi connectivity index (χ0n) is 10.6. The molecule has 0 bridgehead atoms. The Labute approximate surface area is 100 Å². The Morgan fingerprint density at radius 3 is 2.71 bits per heavy atom. The smallest absolute Gasteiger partial charge is 0.315 e. The minimum absolute atomic E-state index is 0.0135. The van der Waals surface area contributed by atoms with Gasteiger partial charge in [-0.1, -0.05) is 19.0 Å². The van der Waals surface area contributed by atoms with Gasteiger partial charge in [-0.05, 0) is 12.8 Å². The average molecular weight is 242 g/mol. The van der Waals surface area contributed by atoms with E-state index in [9.17, 15) is 4.79 Å². The number of esters is 1. The van der Waals surface area contributed by atoms with Gasteiger partial charge >= 0.3 is 5.97 Å². The van der Waals surface area contributed by atoms with Crippen molar-refractivity contribution in [3.8, 4) is 0 Å². The molecule has 0 fully saturated rings. The fourth-order valence-electron chi connectivity index (χ4n) is 1.40. The van der Waals surface area contributed by atoms with Crippen LogP contribution in [0.5, 0.6) is 0 Å². The molecule has 6 heteroatoms. The third kappa shape index (κ3) is 3.81. The molecule has 17 heavy (non-hydrogen) atoms. The first-order valence-corrected chi connectivity index (χ1v) is 5.59. The molecule has 96 valence electrons. The summed E-state index contributed by atoms with van der Waals surface area (Å²) in [5.74, 6) is 0.550. The van der Waals surface area contributed by atoms with Gasteiger partial charge in [0.2, 0.25) is 11.7 Å². The van der Waals surface area contributed by atoms with Crippen LogP contribution in [0.3, 0.4) is 0 Å². The van der Waals surface area contributed by atoms with E-state index in [1.54, 1.807) is 0 Å². The maximum Gasteiger partial charge on any atom is 0.315 e. The first-order chi connectivity index (χ1) is 8.08. The normalized spacial score (nSPS) is 12.8. The minimum atomic E-state index is -0.405. The highest BCUT2D eigenvalue weighted by Gasteiger charge is 2.22. The maximum atomic E-state index is 11.0. The third-order valence-corrected chi connectivity index (χ3v) is 2.21. The fourth-order valence-corrected chi connectivity index (χ4v) is 1.40. The molecule has 1 aromatic heterocycles. The number of hydrogen-bond donors (Lipinski definition) is 0. The summed E-state index contributed by atoms with van der Waals surface area (Å²) in [5, 5.41) is 3.82. The van der Waals surface area contributed by atoms with E-state index < -0.39 is 5.97 Å². The van der Waals surface area contributed by atoms with E-state index in [0.29, 0.717) is 12.4 Å². The number of ether oxygens (including phenoxy) is 2. The van der Waals surface area contributed by atoms with Crippen molar-refractivity contribution in [2.45, 2.75) is 33.3 Å². The second kappa shape index (κ2) is 6.34. The van der Waals surface area contributed by atoms with Crippen molar-refractivity contribution >= 4 is 5.97 Å². The van der Waals surface area contributed by atoms with E-state index in [2.05, 4.69) is 14.9 Å². The van der Waals surface area contributed by atoms with Gasteiger partial charge in [0.25, 0.3) is 0 Å². The lowest BCUT2D eigenvalue weighted by Crippen LogP contribution is -2.13. The second-order valence-corrected chi connectivity index (χ2v) is 3.92. The lowest BCUT2D eigenvalue weighted by molar-refractivity contribution is -0.140. The first-order valence-electron chi connectivity index (χ1n) is 5.59. The maximum absolute atomic E-state index is 11.0. The number of rotatable bonds is 6. The topological polar surface area (TPSA) is 74.5 Å². The third-order valence-electron chi connectivity index (χ3n) is 2.21. The van der Waals surface area contributed by atoms with Crippen molar-refractivity contribution in [1.82, 2.24) is 10.1 Å². The van der Waals surface area contributed by atoms with Gasteiger partial charge in [-0.2, -0.15) is 4.98 Å². The first kappa shape index (κ1) is 13.6. The summed E-state index contributed by atoms with van der Waals surface area (Å²) >= 11 is 0. The molecule has 6 nitrogen and oxygen atoms in total. The van der Waals surface area contributed by atoms with Crippen LogP contribution >= 0.6 is 0 Å². The largest absolute Gasteiger partial charge is 0.469 e. The summed E-state index contributed by atoms with van der Waals surface area (Å²) in [6.45, 7) is 6.50. The molecule has 0 spiro atoms. The van der Waals surface area contributed by atoms with Gasteiger partial charge in [-0.15, -0.1) is 0 Å². The summed E-state index contributed by atoms with van der Waals surface area (Å²) in [6.07, 6.45) is -0.226. The Kier molecular flexibility index (Phi) is 5.09. The van der Waals surface area contributed by atoms with Gasteiger partial charge in [0.05, 0.1) is 7.11 Å². The van der Waals surface area contributed by atoms with E-state index >= 15 is 0 Å². The molecule has 0 aliphatic heterocycles. The summed E-state index contributed by atoms with van der Waals surface area (Å²) < 4.78 is 15.0. The number of hydrogen-bond acceptors (Lipinski definition) is 6. The standard InChI is InChI=1S/C11H18N2O4/c1-5-16-10(7(2)3)11-12-8(17-13-11)6-9(14)15-4/h7,10H,5-6H2,1-4H3. The molecule has 1 unspecified atom stereocenters. The molecular weight excluding hydrogens is 224 g/mol. The predicted molar refractivity (Wildman–Crippen MR) is 59.2 cm³/mol. The molecule has 0 aromatic carbocycles. The van der Waals surface area contributed by atoms with Crippen LogP contribution < -0.4 is 0 Å². The summed E-state index contributed by atoms with van der Waals surface area (Å²) in [7, 11) is 1.32. The molecule has 0 aliphatic rings. The van der Waals surface area contributed by atoms with Crippen LogP contribution in [0.15, 0.2) is 4.52 Å². The predicted octanol–water partition coefficient (Wildman–Crippen LogP) is 1.52. The number of methoxy groups -OCH3 is 1. The van der Waals surface area contributed by atoms with Crippen molar-refractivity contribution in [2.24, 2.45) is 5.92 Å². The lowest BCUT2D eigenvalue weighted by atomic mass is 10.1. The van der Waals surface area contributed by atoms with Crippen molar-refractivity contribution in [3.63, 3.8) is 0 Å². The van der Waals surface area contributed by atoms with Gasteiger partial charge in [0.1, 0.15) is 12.5 Å². The van der Waals surface area contributed by atoms with E-state index in [4.69, 9.17) is 9.26 Å². The molecule has 0 radical (unpaired) electrons. The SMILES string of the molecule is CCOC(c1noc(CC(=O)OC)n1)C(C)C. The summed E-state index contributed by atoms with van der Waals surface area (Å²) in [6, 6.07) is 0. The van der Waals surface area contributed by atoms with Gasteiger partial charge in [-0.25, -0.2) is 0 Å². The quantitative estimate of drug-likeness (QED) is 0.704. The Bertz CT molecular complexity index is 362. The molecular formula is C11H18N2O4. The van der Waals surface area contributed by atoms with Crippen LogP contribution in [0.2, 0.25) is 0 Å². The summed E-state index contributed by atoms with van der Waals surface area (Å²) in [5.41, 5.74) is 0. The number of carbonyl (C=O) groups is 1. The van der Waals surface area contributed by atoms with Crippen molar-refractivity contribution < 1.29 is 18.8 Å². The zero-order valence-corrected chi connectivity index (χ0v) is 10.6. The van der Waals surface area contributed by atoms with Crippen LogP contribution in [0.4, 0.5) is 0 Å². The molecule has 0 saturated carbocycles. The Balaban J connectivity index is 2.74. The van der Waals surface area contributed by atoms with Crippen LogP contribution in [-0.2, 0) is 20.7 Å². The van der Waals surface area contributed by atoms with Crippen LogP contribution in [0.1, 0.15) is 38.6 Å². The zero-order chi connectivity index (χ0) is 12.8. The Morgan fingerprint density at radius 1 is 1.47 bits per heavy atom. The van der Waals surface area contributed by atoms with Crippen molar-refractivity contribution in [1.29, 1.82) is 0 Å². The molecule has 1 rings (SSSR count). The van der Waals surface area contributed by atoms with Crippen LogP contribution in [0, 0.1) is 5.92 Å². The molecule has 0 amide bonds. The molecule has 0 saturated heterocycles. The molecule has 1 aromatic rings. The van der Waals surface area contributed by atoms with E-state index in [0.717, 1.165) is 0 Å². The van der Waals surface area contributed by atoms with Gasteiger partial charge in [-0.3, -0.25) is 4.79 Å². The fraction of sp³-hybridized carbons (Fsp3) is 0.727. The highest BCUT2D eigenvalue weighted by Crippen LogP contribution is 2.23. The Morgan fingerprint density at radius 2 is 2.18 bits per heavy atom. The highest BCUT2D eigenvalue weighted by molar-refractivity contribution is 5.70. The Hall–Kier alpha value is -1.43. The molecule has 1 heterocycles. The van der Waals surface area contributed by atoms with E-state index in [-0.39, 0.29) is 24.3 Å². The lowest BCUT2D eigenvalue weighted by Gasteiger charge is -2.16. The number of nitrogens with zero attached hydrogens (tertiary/aromatic N) is 2. The molecule has 1 atom stereocenters. The highest BCUT2D eigenvalue weighted by atomic mass is 16.5. The van der Waals surface area contributed by atoms with E-state index in [1.807, 2.05) is 20.8 Å². The monoisotopic (exact) mass is 242 g/mol. The number of carbonyl (C=O) groups excluding carboxylic acids is 1. The van der Waals surface area contributed by atoms with E-state index in [1.165, 1.54) is 7.11 Å². The van der Waals surface area contributed by atoms with Crippen molar-refractivity contribution in [2.75, 3.05) is 13.7 Å². The van der Waals surface area contributed by atoms with Gasteiger partial charge in [0.15, 0.2) is 0 Å². The van der Waals surface area contributed by atoms with Gasteiger partial charge < -0.3 is 14.0 Å². The van der Waals surface area contributed by atoms with Crippen molar-refractivity contribution in [3.05, 3.63) is 11.7 Å². The van der Waals surface area contributed by atoms with Gasteiger partial charge in [0, 0.05) is 6.61 Å². The average Bonchev–Trinajstić information content (AvgIpc) is 2.73. The second-order valence-electron chi connectivity index (χ2n) is 3.92. The van der Waals surface area contributed by atoms with Crippen LogP contribution in [0.25, 0.3) is 0 Å².